The van der Waals surface area contributed by atoms with E-state index >= 15 is 0 Å². The van der Waals surface area contributed by atoms with Crippen LogP contribution in [0.1, 0.15) is 33.8 Å². The van der Waals surface area contributed by atoms with Gasteiger partial charge in [-0.25, -0.2) is 35.4 Å². The summed E-state index contributed by atoms with van der Waals surface area (Å²) in [5.41, 5.74) is 7.74. The van der Waals surface area contributed by atoms with Crippen molar-refractivity contribution in [1.82, 2.24) is 20.2 Å². The number of halogens is 2. The van der Waals surface area contributed by atoms with Crippen LogP contribution in [0.3, 0.4) is 0 Å². The van der Waals surface area contributed by atoms with Crippen LogP contribution in [0.4, 0.5) is 19.0 Å². The van der Waals surface area contributed by atoms with Crippen molar-refractivity contribution < 1.29 is 34.8 Å². The SMILES string of the molecule is CS(=O)(=O)N(Cc1ccc(-c2nnc(C(F)F)o2)cc1)c1nccs1.CS(=O)(=O)N(Cc1ccc(C(=O)CN)cc1)c1nccs1. The standard InChI is InChI=1S/C14H12F2N4O3S2.C13H15N3O3S2/c1-25(21,22)20(14-17-6-7-24-14)8-9-2-4-10(5-3-9)12-18-19-13(23-12)11(15)16;1-21(18,19)16(13-15-6-7-20-13)9-10-2-4-11(5-3-10)12(17)8-14/h2-7,11H,8H2,1H3;2-7H,8-9,14H2,1H3. The highest BCUT2D eigenvalue weighted by Crippen LogP contribution is 2.26. The van der Waals surface area contributed by atoms with E-state index < -0.39 is 32.4 Å². The zero-order chi connectivity index (χ0) is 33.5. The molecular formula is C27H27F2N7O6S4. The second kappa shape index (κ2) is 14.9. The number of thiazole rings is 2. The summed E-state index contributed by atoms with van der Waals surface area (Å²) in [7, 11) is -6.92. The van der Waals surface area contributed by atoms with Gasteiger partial charge in [-0.3, -0.25) is 4.79 Å². The van der Waals surface area contributed by atoms with Crippen LogP contribution in [-0.2, 0) is 33.1 Å². The van der Waals surface area contributed by atoms with E-state index in [0.29, 0.717) is 27.0 Å². The third-order valence-electron chi connectivity index (χ3n) is 6.01. The van der Waals surface area contributed by atoms with E-state index in [2.05, 4.69) is 20.2 Å². The number of sulfonamides is 2. The molecule has 2 aromatic carbocycles. The molecule has 0 aliphatic carbocycles. The Kier molecular flexibility index (Phi) is 11.3. The molecule has 0 amide bonds. The number of aromatic nitrogens is 4. The lowest BCUT2D eigenvalue weighted by atomic mass is 10.1. The monoisotopic (exact) mass is 711 g/mol. The van der Waals surface area contributed by atoms with E-state index in [0.717, 1.165) is 18.1 Å². The molecule has 0 saturated heterocycles. The third-order valence-corrected chi connectivity index (χ3v) is 10.0. The Balaban J connectivity index is 0.000000212. The lowest BCUT2D eigenvalue weighted by Crippen LogP contribution is -2.29. The minimum absolute atomic E-state index is 0.0262. The Morgan fingerprint density at radius 3 is 1.67 bits per heavy atom. The van der Waals surface area contributed by atoms with Crippen molar-refractivity contribution in [3.8, 4) is 11.5 Å². The summed E-state index contributed by atoms with van der Waals surface area (Å²) in [5.74, 6) is -0.922. The number of nitrogens with two attached hydrogens (primary N) is 1. The van der Waals surface area contributed by atoms with Gasteiger partial charge in [0.25, 0.3) is 5.89 Å². The normalized spacial score (nSPS) is 11.6. The molecule has 244 valence electrons. The van der Waals surface area contributed by atoms with Gasteiger partial charge in [0.1, 0.15) is 0 Å². The molecule has 0 aliphatic rings. The second-order valence-electron chi connectivity index (χ2n) is 9.44. The van der Waals surface area contributed by atoms with Gasteiger partial charge in [-0.2, -0.15) is 8.78 Å². The summed E-state index contributed by atoms with van der Waals surface area (Å²) >= 11 is 2.47. The maximum Gasteiger partial charge on any atom is 0.314 e. The number of carbonyl (C=O) groups is 1. The van der Waals surface area contributed by atoms with E-state index in [-0.39, 0.29) is 31.3 Å². The predicted molar refractivity (Wildman–Crippen MR) is 171 cm³/mol. The molecule has 0 bridgehead atoms. The lowest BCUT2D eigenvalue weighted by molar-refractivity contribution is 0.100. The molecular weight excluding hydrogens is 685 g/mol. The molecule has 0 atom stereocenters. The zero-order valence-corrected chi connectivity index (χ0v) is 27.5. The molecule has 3 aromatic heterocycles. The molecule has 0 spiro atoms. The van der Waals surface area contributed by atoms with Crippen molar-refractivity contribution in [2.75, 3.05) is 27.7 Å². The van der Waals surface area contributed by atoms with Crippen LogP contribution in [0.2, 0.25) is 0 Å². The minimum Gasteiger partial charge on any atom is -0.415 e. The van der Waals surface area contributed by atoms with Gasteiger partial charge >= 0.3 is 6.43 Å². The largest absolute Gasteiger partial charge is 0.415 e. The van der Waals surface area contributed by atoms with Crippen LogP contribution in [0.5, 0.6) is 0 Å². The number of rotatable bonds is 12. The van der Waals surface area contributed by atoms with Crippen molar-refractivity contribution in [2.24, 2.45) is 5.73 Å². The van der Waals surface area contributed by atoms with Crippen molar-refractivity contribution >= 4 is 58.8 Å². The molecule has 3 heterocycles. The maximum atomic E-state index is 12.5. The molecule has 0 aliphatic heterocycles. The number of benzene rings is 2. The first-order chi connectivity index (χ1) is 21.8. The van der Waals surface area contributed by atoms with Crippen LogP contribution in [0.15, 0.2) is 76.1 Å². The molecule has 0 saturated carbocycles. The number of nitrogens with zero attached hydrogens (tertiary/aromatic N) is 6. The first-order valence-electron chi connectivity index (χ1n) is 13.0. The predicted octanol–water partition coefficient (Wildman–Crippen LogP) is 4.35. The summed E-state index contributed by atoms with van der Waals surface area (Å²) in [6, 6.07) is 13.2. The molecule has 0 unspecified atom stereocenters. The van der Waals surface area contributed by atoms with Gasteiger partial charge in [0.05, 0.1) is 32.1 Å². The van der Waals surface area contributed by atoms with Gasteiger partial charge in [-0.15, -0.1) is 32.9 Å². The molecule has 46 heavy (non-hydrogen) atoms. The summed E-state index contributed by atoms with van der Waals surface area (Å²) in [6.45, 7) is 0.218. The summed E-state index contributed by atoms with van der Waals surface area (Å²) in [4.78, 5) is 19.5. The van der Waals surface area contributed by atoms with E-state index in [1.807, 2.05) is 0 Å². The van der Waals surface area contributed by atoms with Crippen molar-refractivity contribution in [2.45, 2.75) is 19.5 Å². The molecule has 2 N–H and O–H groups in total. The van der Waals surface area contributed by atoms with Gasteiger partial charge in [-0.05, 0) is 23.3 Å². The quantitative estimate of drug-likeness (QED) is 0.182. The highest BCUT2D eigenvalue weighted by molar-refractivity contribution is 7.92. The first kappa shape index (κ1) is 34.7. The smallest absolute Gasteiger partial charge is 0.314 e. The number of anilines is 2. The molecule has 13 nitrogen and oxygen atoms in total. The van der Waals surface area contributed by atoms with Gasteiger partial charge in [0, 0.05) is 34.3 Å². The van der Waals surface area contributed by atoms with Gasteiger partial charge in [-0.1, -0.05) is 36.4 Å². The molecule has 19 heteroatoms. The van der Waals surface area contributed by atoms with Crippen LogP contribution >= 0.6 is 22.7 Å². The number of Topliss-reactive ketones (excluding diaryl/α,β-unsaturated/α-hetero) is 1. The topological polar surface area (TPSA) is 183 Å². The Bertz CT molecular complexity index is 1940. The van der Waals surface area contributed by atoms with E-state index in [1.165, 1.54) is 37.5 Å². The van der Waals surface area contributed by atoms with Crippen LogP contribution in [-0.4, -0.2) is 61.8 Å². The van der Waals surface area contributed by atoms with Crippen LogP contribution in [0, 0.1) is 0 Å². The van der Waals surface area contributed by atoms with Crippen molar-refractivity contribution in [1.29, 1.82) is 0 Å². The second-order valence-corrected chi connectivity index (χ2v) is 15.0. The van der Waals surface area contributed by atoms with Crippen LogP contribution < -0.4 is 14.3 Å². The van der Waals surface area contributed by atoms with Gasteiger partial charge < -0.3 is 10.2 Å². The highest BCUT2D eigenvalue weighted by Gasteiger charge is 2.22. The Morgan fingerprint density at radius 1 is 0.826 bits per heavy atom. The molecule has 5 rings (SSSR count). The summed E-state index contributed by atoms with van der Waals surface area (Å²) < 4.78 is 80.0. The molecule has 0 fully saturated rings. The third kappa shape index (κ3) is 9.19. The number of carbonyl (C=O) groups excluding carboxylic acids is 1. The Hall–Kier alpha value is -4.17. The number of hydrogen-bond acceptors (Lipinski definition) is 13. The van der Waals surface area contributed by atoms with Crippen molar-refractivity contribution in [3.63, 3.8) is 0 Å². The Morgan fingerprint density at radius 2 is 1.30 bits per heavy atom. The fourth-order valence-corrected chi connectivity index (χ4v) is 7.36. The average Bonchev–Trinajstić information content (AvgIpc) is 3.82. The summed E-state index contributed by atoms with van der Waals surface area (Å²) in [5, 5.41) is 11.0. The van der Waals surface area contributed by atoms with E-state index in [9.17, 15) is 30.4 Å². The molecule has 5 aromatic rings. The van der Waals surface area contributed by atoms with Crippen molar-refractivity contribution in [3.05, 3.63) is 94.3 Å². The number of ketones is 1. The average molecular weight is 712 g/mol. The maximum absolute atomic E-state index is 12.5. The molecule has 0 radical (unpaired) electrons. The first-order valence-corrected chi connectivity index (χ1v) is 18.5. The minimum atomic E-state index is -3.50. The Labute approximate surface area is 271 Å². The van der Waals surface area contributed by atoms with Gasteiger partial charge in [0.2, 0.25) is 25.9 Å². The number of hydrogen-bond donors (Lipinski definition) is 1. The van der Waals surface area contributed by atoms with Gasteiger partial charge in [0.15, 0.2) is 16.0 Å². The highest BCUT2D eigenvalue weighted by atomic mass is 32.2. The fourth-order valence-electron chi connectivity index (χ4n) is 3.77. The summed E-state index contributed by atoms with van der Waals surface area (Å²) in [6.07, 6.45) is 2.49. The number of alkyl halides is 2. The van der Waals surface area contributed by atoms with E-state index in [4.69, 9.17) is 10.2 Å². The van der Waals surface area contributed by atoms with Crippen LogP contribution in [0.25, 0.3) is 11.5 Å². The fraction of sp³-hybridized carbons (Fsp3) is 0.222. The van der Waals surface area contributed by atoms with E-state index in [1.54, 1.807) is 65.5 Å². The zero-order valence-electron chi connectivity index (χ0n) is 24.2. The lowest BCUT2D eigenvalue weighted by Gasteiger charge is -2.19.